The molecule has 1 aromatic rings. The van der Waals surface area contributed by atoms with Crippen molar-refractivity contribution in [2.24, 2.45) is 10.8 Å². The molecule has 0 radical (unpaired) electrons. The van der Waals surface area contributed by atoms with E-state index in [1.165, 1.54) is 5.56 Å². The quantitative estimate of drug-likeness (QED) is 0.564. The Morgan fingerprint density at radius 3 is 1.78 bits per heavy atom. The molecule has 2 heteroatoms. The van der Waals surface area contributed by atoms with E-state index in [0.29, 0.717) is 5.92 Å². The van der Waals surface area contributed by atoms with Crippen molar-refractivity contribution in [2.45, 2.75) is 87.0 Å². The normalized spacial score (nSPS) is 15.6. The molecule has 0 aromatic heterocycles. The Hall–Kier alpha value is -1.02. The predicted octanol–water partition coefficient (Wildman–Crippen LogP) is 6.40. The van der Waals surface area contributed by atoms with Crippen LogP contribution < -0.4 is 4.74 Å². The Labute approximate surface area is 143 Å². The Morgan fingerprint density at radius 1 is 0.870 bits per heavy atom. The number of rotatable bonds is 6. The van der Waals surface area contributed by atoms with Gasteiger partial charge in [0.1, 0.15) is 5.75 Å². The maximum absolute atomic E-state index is 6.10. The van der Waals surface area contributed by atoms with Gasteiger partial charge in [0, 0.05) is 6.42 Å². The zero-order chi connectivity index (χ0) is 17.8. The highest BCUT2D eigenvalue weighted by molar-refractivity contribution is 5.30. The van der Waals surface area contributed by atoms with Crippen molar-refractivity contribution < 1.29 is 9.47 Å². The summed E-state index contributed by atoms with van der Waals surface area (Å²) in [5.74, 6) is 1.39. The molecule has 0 aliphatic heterocycles. The maximum Gasteiger partial charge on any atom is 0.200 e. The van der Waals surface area contributed by atoms with Crippen molar-refractivity contribution in [3.8, 4) is 5.75 Å². The van der Waals surface area contributed by atoms with Crippen LogP contribution in [0.15, 0.2) is 24.3 Å². The third kappa shape index (κ3) is 7.39. The number of hydrogen-bond donors (Lipinski definition) is 0. The van der Waals surface area contributed by atoms with Crippen LogP contribution in [0.5, 0.6) is 5.75 Å². The molecule has 1 aromatic carbocycles. The van der Waals surface area contributed by atoms with Gasteiger partial charge < -0.3 is 9.47 Å². The van der Waals surface area contributed by atoms with Crippen LogP contribution >= 0.6 is 0 Å². The van der Waals surface area contributed by atoms with Crippen LogP contribution in [0.2, 0.25) is 0 Å². The second-order valence-electron chi connectivity index (χ2n) is 9.15. The first-order chi connectivity index (χ1) is 10.4. The summed E-state index contributed by atoms with van der Waals surface area (Å²) in [5.41, 5.74) is 1.78. The molecule has 0 heterocycles. The van der Waals surface area contributed by atoms with Gasteiger partial charge in [0.15, 0.2) is 0 Å². The van der Waals surface area contributed by atoms with Crippen LogP contribution in [0.3, 0.4) is 0 Å². The largest absolute Gasteiger partial charge is 0.465 e. The summed E-state index contributed by atoms with van der Waals surface area (Å²) in [5, 5.41) is 0. The molecule has 2 nitrogen and oxygen atoms in total. The van der Waals surface area contributed by atoms with E-state index in [9.17, 15) is 0 Å². The summed E-state index contributed by atoms with van der Waals surface area (Å²) in [7, 11) is 0. The fraction of sp³-hybridized carbons (Fsp3) is 0.714. The molecule has 0 aliphatic carbocycles. The average Bonchev–Trinajstić information content (AvgIpc) is 2.34. The fourth-order valence-electron chi connectivity index (χ4n) is 2.41. The molecule has 0 bridgehead atoms. The van der Waals surface area contributed by atoms with Crippen molar-refractivity contribution in [3.63, 3.8) is 0 Å². The van der Waals surface area contributed by atoms with Crippen LogP contribution in [0, 0.1) is 10.8 Å². The summed E-state index contributed by atoms with van der Waals surface area (Å²) < 4.78 is 12.0. The lowest BCUT2D eigenvalue weighted by atomic mass is 9.78. The molecular weight excluding hydrogens is 284 g/mol. The molecule has 2 unspecified atom stereocenters. The lowest BCUT2D eigenvalue weighted by Crippen LogP contribution is -2.29. The minimum Gasteiger partial charge on any atom is -0.465 e. The minimum atomic E-state index is -0.208. The summed E-state index contributed by atoms with van der Waals surface area (Å²) in [6, 6.07) is 8.48. The molecule has 0 fully saturated rings. The first-order valence-corrected chi connectivity index (χ1v) is 8.80. The third-order valence-corrected chi connectivity index (χ3v) is 4.15. The van der Waals surface area contributed by atoms with Gasteiger partial charge in [-0.15, -0.1) is 0 Å². The number of ether oxygens (including phenoxy) is 2. The van der Waals surface area contributed by atoms with E-state index >= 15 is 0 Å². The van der Waals surface area contributed by atoms with E-state index < -0.39 is 0 Å². The van der Waals surface area contributed by atoms with Crippen LogP contribution in [0.25, 0.3) is 0 Å². The van der Waals surface area contributed by atoms with Gasteiger partial charge in [-0.1, -0.05) is 60.6 Å². The van der Waals surface area contributed by atoms with Crippen LogP contribution in [0.4, 0.5) is 0 Å². The minimum absolute atomic E-state index is 0.155. The molecule has 0 saturated heterocycles. The summed E-state index contributed by atoms with van der Waals surface area (Å²) >= 11 is 0. The third-order valence-electron chi connectivity index (χ3n) is 4.15. The second kappa shape index (κ2) is 7.70. The summed E-state index contributed by atoms with van der Waals surface area (Å²) in [4.78, 5) is 0. The molecule has 2 atom stereocenters. The fourth-order valence-corrected chi connectivity index (χ4v) is 2.41. The monoisotopic (exact) mass is 320 g/mol. The van der Waals surface area contributed by atoms with Gasteiger partial charge in [-0.05, 0) is 48.3 Å². The Morgan fingerprint density at radius 2 is 1.39 bits per heavy atom. The second-order valence-corrected chi connectivity index (χ2v) is 9.15. The van der Waals surface area contributed by atoms with Crippen LogP contribution in [-0.2, 0) is 4.74 Å². The zero-order valence-electron chi connectivity index (χ0n) is 16.6. The molecule has 23 heavy (non-hydrogen) atoms. The van der Waals surface area contributed by atoms with Gasteiger partial charge in [-0.2, -0.15) is 0 Å². The lowest BCUT2D eigenvalue weighted by Gasteiger charge is -2.29. The molecule has 0 amide bonds. The van der Waals surface area contributed by atoms with Crippen molar-refractivity contribution in [1.29, 1.82) is 0 Å². The summed E-state index contributed by atoms with van der Waals surface area (Å²) in [6.07, 6.45) is 0.814. The number of hydrogen-bond acceptors (Lipinski definition) is 2. The van der Waals surface area contributed by atoms with Crippen molar-refractivity contribution >= 4 is 0 Å². The summed E-state index contributed by atoms with van der Waals surface area (Å²) in [6.45, 7) is 19.8. The molecular formula is C21H36O2. The highest BCUT2D eigenvalue weighted by Crippen LogP contribution is 2.35. The van der Waals surface area contributed by atoms with E-state index in [1.807, 2.05) is 13.8 Å². The van der Waals surface area contributed by atoms with Crippen molar-refractivity contribution in [3.05, 3.63) is 29.8 Å². The Bertz CT molecular complexity index is 460. The molecule has 132 valence electrons. The molecule has 0 N–H and O–H groups in total. The SMILES string of the molecule is CC(C)OC(CC(C)(C)C)Oc1ccc(C(C)C(C)(C)C)cc1. The van der Waals surface area contributed by atoms with E-state index in [0.717, 1.165) is 12.2 Å². The van der Waals surface area contributed by atoms with Gasteiger partial charge in [-0.25, -0.2) is 0 Å². The number of benzene rings is 1. The smallest absolute Gasteiger partial charge is 0.200 e. The van der Waals surface area contributed by atoms with Gasteiger partial charge in [0.05, 0.1) is 6.10 Å². The molecule has 0 aliphatic rings. The Kier molecular flexibility index (Phi) is 6.70. The molecule has 1 rings (SSSR count). The van der Waals surface area contributed by atoms with E-state index in [-0.39, 0.29) is 23.2 Å². The van der Waals surface area contributed by atoms with Crippen molar-refractivity contribution in [1.82, 2.24) is 0 Å². The van der Waals surface area contributed by atoms with Crippen LogP contribution in [-0.4, -0.2) is 12.4 Å². The Balaban J connectivity index is 2.81. The predicted molar refractivity (Wildman–Crippen MR) is 99.0 cm³/mol. The maximum atomic E-state index is 6.10. The highest BCUT2D eigenvalue weighted by atomic mass is 16.7. The van der Waals surface area contributed by atoms with Crippen LogP contribution in [0.1, 0.15) is 80.2 Å². The van der Waals surface area contributed by atoms with Gasteiger partial charge in [-0.3, -0.25) is 0 Å². The highest BCUT2D eigenvalue weighted by Gasteiger charge is 2.23. The molecule has 0 spiro atoms. The lowest BCUT2D eigenvalue weighted by molar-refractivity contribution is -0.124. The van der Waals surface area contributed by atoms with Gasteiger partial charge in [0.2, 0.25) is 6.29 Å². The van der Waals surface area contributed by atoms with Gasteiger partial charge in [0.25, 0.3) is 0 Å². The zero-order valence-corrected chi connectivity index (χ0v) is 16.6. The standard InChI is InChI=1S/C21H36O2/c1-15(2)22-19(14-20(4,5)6)23-18-12-10-17(11-13-18)16(3)21(7,8)9/h10-13,15-16,19H,14H2,1-9H3. The molecule has 0 saturated carbocycles. The first-order valence-electron chi connectivity index (χ1n) is 8.80. The van der Waals surface area contributed by atoms with E-state index in [4.69, 9.17) is 9.47 Å². The van der Waals surface area contributed by atoms with E-state index in [1.54, 1.807) is 0 Å². The van der Waals surface area contributed by atoms with E-state index in [2.05, 4.69) is 72.7 Å². The average molecular weight is 321 g/mol. The van der Waals surface area contributed by atoms with Crippen molar-refractivity contribution in [2.75, 3.05) is 0 Å². The topological polar surface area (TPSA) is 18.5 Å². The first kappa shape index (κ1) is 20.0. The van der Waals surface area contributed by atoms with Gasteiger partial charge >= 0.3 is 0 Å².